The molecule has 3 aromatic rings. The lowest BCUT2D eigenvalue weighted by Gasteiger charge is -2.14. The quantitative estimate of drug-likeness (QED) is 0.778. The smallest absolute Gasteiger partial charge is 0.244 e. The molecule has 0 fully saturated rings. The highest BCUT2D eigenvalue weighted by Gasteiger charge is 2.19. The molecule has 4 nitrogen and oxygen atoms in total. The third-order valence-corrected chi connectivity index (χ3v) is 4.02. The number of amides is 1. The Hall–Kier alpha value is -2.47. The highest BCUT2D eigenvalue weighted by atomic mass is 32.1. The van der Waals surface area contributed by atoms with E-state index in [1.165, 1.54) is 35.6 Å². The van der Waals surface area contributed by atoms with Gasteiger partial charge in [0.05, 0.1) is 10.2 Å². The molecule has 1 atom stereocenters. The van der Waals surface area contributed by atoms with Crippen molar-refractivity contribution in [2.24, 2.45) is 5.73 Å². The Morgan fingerprint density at radius 1 is 1.19 bits per heavy atom. The molecule has 0 bridgehead atoms. The van der Waals surface area contributed by atoms with E-state index in [9.17, 15) is 9.18 Å². The first kappa shape index (κ1) is 13.5. The second-order valence-corrected chi connectivity index (χ2v) is 5.55. The lowest BCUT2D eigenvalue weighted by Crippen LogP contribution is -2.27. The van der Waals surface area contributed by atoms with E-state index in [1.807, 2.05) is 24.3 Å². The maximum atomic E-state index is 13.0. The summed E-state index contributed by atoms with van der Waals surface area (Å²) in [7, 11) is 0. The minimum Gasteiger partial charge on any atom is -0.368 e. The van der Waals surface area contributed by atoms with Gasteiger partial charge in [-0.2, -0.15) is 0 Å². The number of fused-ring (bicyclic) bond motifs is 1. The molecule has 106 valence electrons. The van der Waals surface area contributed by atoms with Crippen molar-refractivity contribution >= 4 is 32.6 Å². The minimum atomic E-state index is -0.744. The SMILES string of the molecule is NC(=O)C(Nc1nc2ccccc2s1)c1ccc(F)cc1. The number of nitrogens with two attached hydrogens (primary N) is 1. The summed E-state index contributed by atoms with van der Waals surface area (Å²) in [6.45, 7) is 0. The van der Waals surface area contributed by atoms with Crippen molar-refractivity contribution in [3.05, 3.63) is 59.9 Å². The summed E-state index contributed by atoms with van der Waals surface area (Å²) in [6.07, 6.45) is 0. The van der Waals surface area contributed by atoms with E-state index in [1.54, 1.807) is 0 Å². The molecule has 6 heteroatoms. The number of thiazole rings is 1. The number of primary amides is 1. The van der Waals surface area contributed by atoms with Gasteiger partial charge in [-0.3, -0.25) is 4.79 Å². The number of hydrogen-bond donors (Lipinski definition) is 2. The van der Waals surface area contributed by atoms with Gasteiger partial charge in [0.2, 0.25) is 5.91 Å². The van der Waals surface area contributed by atoms with Crippen LogP contribution in [0.25, 0.3) is 10.2 Å². The summed E-state index contributed by atoms with van der Waals surface area (Å²) in [4.78, 5) is 16.1. The molecule has 1 aromatic heterocycles. The Bertz CT molecular complexity index is 752. The molecule has 0 saturated heterocycles. The van der Waals surface area contributed by atoms with E-state index in [4.69, 9.17) is 5.73 Å². The fourth-order valence-corrected chi connectivity index (χ4v) is 2.93. The fourth-order valence-electron chi connectivity index (χ4n) is 2.03. The second kappa shape index (κ2) is 5.49. The van der Waals surface area contributed by atoms with Crippen LogP contribution in [-0.4, -0.2) is 10.9 Å². The molecule has 0 aliphatic rings. The van der Waals surface area contributed by atoms with E-state index in [0.29, 0.717) is 10.7 Å². The van der Waals surface area contributed by atoms with Gasteiger partial charge in [0.25, 0.3) is 0 Å². The van der Waals surface area contributed by atoms with Crippen molar-refractivity contribution in [1.29, 1.82) is 0 Å². The second-order valence-electron chi connectivity index (χ2n) is 4.52. The molecule has 1 amide bonds. The summed E-state index contributed by atoms with van der Waals surface area (Å²) < 4.78 is 14.0. The van der Waals surface area contributed by atoms with Gasteiger partial charge in [0, 0.05) is 0 Å². The Balaban J connectivity index is 1.91. The van der Waals surface area contributed by atoms with Gasteiger partial charge in [0.1, 0.15) is 11.9 Å². The van der Waals surface area contributed by atoms with Gasteiger partial charge >= 0.3 is 0 Å². The number of benzene rings is 2. The third kappa shape index (κ3) is 2.85. The van der Waals surface area contributed by atoms with E-state index in [-0.39, 0.29) is 5.82 Å². The number of carbonyl (C=O) groups is 1. The molecule has 3 N–H and O–H groups in total. The summed E-state index contributed by atoms with van der Waals surface area (Å²) >= 11 is 1.44. The van der Waals surface area contributed by atoms with Gasteiger partial charge in [0.15, 0.2) is 5.13 Å². The monoisotopic (exact) mass is 301 g/mol. The molecule has 2 aromatic carbocycles. The van der Waals surface area contributed by atoms with Gasteiger partial charge in [-0.25, -0.2) is 9.37 Å². The number of para-hydroxylation sites is 1. The first-order chi connectivity index (χ1) is 10.1. The van der Waals surface area contributed by atoms with Crippen LogP contribution in [0.3, 0.4) is 0 Å². The van der Waals surface area contributed by atoms with Crippen LogP contribution in [-0.2, 0) is 4.79 Å². The zero-order valence-electron chi connectivity index (χ0n) is 10.9. The van der Waals surface area contributed by atoms with Crippen molar-refractivity contribution in [3.8, 4) is 0 Å². The average molecular weight is 301 g/mol. The number of halogens is 1. The summed E-state index contributed by atoms with van der Waals surface area (Å²) in [5.74, 6) is -0.900. The Morgan fingerprint density at radius 2 is 1.90 bits per heavy atom. The summed E-state index contributed by atoms with van der Waals surface area (Å²) in [5, 5.41) is 3.62. The zero-order valence-corrected chi connectivity index (χ0v) is 11.7. The highest BCUT2D eigenvalue weighted by Crippen LogP contribution is 2.28. The maximum Gasteiger partial charge on any atom is 0.244 e. The molecular weight excluding hydrogens is 289 g/mol. The average Bonchev–Trinajstić information content (AvgIpc) is 2.88. The third-order valence-electron chi connectivity index (χ3n) is 3.05. The van der Waals surface area contributed by atoms with E-state index in [2.05, 4.69) is 10.3 Å². The normalized spacial score (nSPS) is 12.2. The summed E-state index contributed by atoms with van der Waals surface area (Å²) in [6, 6.07) is 12.6. The predicted molar refractivity (Wildman–Crippen MR) is 81.6 cm³/mol. The van der Waals surface area contributed by atoms with E-state index in [0.717, 1.165) is 10.2 Å². The topological polar surface area (TPSA) is 68.0 Å². The van der Waals surface area contributed by atoms with E-state index >= 15 is 0 Å². The van der Waals surface area contributed by atoms with Crippen molar-refractivity contribution in [1.82, 2.24) is 4.98 Å². The van der Waals surface area contributed by atoms with Crippen molar-refractivity contribution in [2.75, 3.05) is 5.32 Å². The lowest BCUT2D eigenvalue weighted by atomic mass is 10.1. The minimum absolute atomic E-state index is 0.359. The van der Waals surface area contributed by atoms with Crippen LogP contribution in [0.2, 0.25) is 0 Å². The Kier molecular flexibility index (Phi) is 3.53. The molecule has 3 rings (SSSR count). The molecule has 0 aliphatic carbocycles. The van der Waals surface area contributed by atoms with Crippen LogP contribution in [0.1, 0.15) is 11.6 Å². The van der Waals surface area contributed by atoms with Crippen molar-refractivity contribution < 1.29 is 9.18 Å². The van der Waals surface area contributed by atoms with Crippen molar-refractivity contribution in [3.63, 3.8) is 0 Å². The van der Waals surface area contributed by atoms with Gasteiger partial charge in [-0.15, -0.1) is 0 Å². The summed E-state index contributed by atoms with van der Waals surface area (Å²) in [5.41, 5.74) is 6.88. The molecule has 0 aliphatic heterocycles. The molecule has 0 radical (unpaired) electrons. The van der Waals surface area contributed by atoms with Crippen LogP contribution in [0.15, 0.2) is 48.5 Å². The van der Waals surface area contributed by atoms with Crippen LogP contribution < -0.4 is 11.1 Å². The van der Waals surface area contributed by atoms with Gasteiger partial charge in [-0.1, -0.05) is 35.6 Å². The van der Waals surface area contributed by atoms with Crippen molar-refractivity contribution in [2.45, 2.75) is 6.04 Å². The Morgan fingerprint density at radius 3 is 2.57 bits per heavy atom. The molecule has 1 unspecified atom stereocenters. The lowest BCUT2D eigenvalue weighted by molar-refractivity contribution is -0.118. The molecule has 0 spiro atoms. The number of hydrogen-bond acceptors (Lipinski definition) is 4. The maximum absolute atomic E-state index is 13.0. The zero-order chi connectivity index (χ0) is 14.8. The Labute approximate surface area is 124 Å². The largest absolute Gasteiger partial charge is 0.368 e. The van der Waals surface area contributed by atoms with Crippen LogP contribution in [0.4, 0.5) is 9.52 Å². The van der Waals surface area contributed by atoms with Gasteiger partial charge in [-0.05, 0) is 29.8 Å². The van der Waals surface area contributed by atoms with Crippen LogP contribution >= 0.6 is 11.3 Å². The number of aromatic nitrogens is 1. The molecule has 1 heterocycles. The standard InChI is InChI=1S/C15H12FN3OS/c16-10-7-5-9(6-8-10)13(14(17)20)19-15-18-11-3-1-2-4-12(11)21-15/h1-8,13H,(H2,17,20)(H,18,19). The molecule has 0 saturated carbocycles. The highest BCUT2D eigenvalue weighted by molar-refractivity contribution is 7.22. The number of nitrogens with zero attached hydrogens (tertiary/aromatic N) is 1. The fraction of sp³-hybridized carbons (Fsp3) is 0.0667. The first-order valence-corrected chi connectivity index (χ1v) is 7.12. The van der Waals surface area contributed by atoms with Crippen LogP contribution in [0, 0.1) is 5.82 Å². The molecule has 21 heavy (non-hydrogen) atoms. The number of anilines is 1. The first-order valence-electron chi connectivity index (χ1n) is 6.30. The molecular formula is C15H12FN3OS. The number of rotatable bonds is 4. The number of carbonyl (C=O) groups excluding carboxylic acids is 1. The van der Waals surface area contributed by atoms with Gasteiger partial charge < -0.3 is 11.1 Å². The number of nitrogens with one attached hydrogen (secondary N) is 1. The predicted octanol–water partition coefficient (Wildman–Crippen LogP) is 3.07. The van der Waals surface area contributed by atoms with Crippen LogP contribution in [0.5, 0.6) is 0 Å². The van der Waals surface area contributed by atoms with E-state index < -0.39 is 11.9 Å².